The molecule has 0 aliphatic heterocycles. The average molecular weight is 269 g/mol. The fourth-order valence-corrected chi connectivity index (χ4v) is 1.94. The molecule has 0 spiro atoms. The minimum atomic E-state index is -0.286. The number of hydrogen-bond donors (Lipinski definition) is 1. The maximum Gasteiger partial charge on any atom is 0.235 e. The van der Waals surface area contributed by atoms with Crippen LogP contribution in [0.3, 0.4) is 0 Å². The van der Waals surface area contributed by atoms with E-state index in [1.54, 1.807) is 0 Å². The largest absolute Gasteiger partial charge is 0.378 e. The quantitative estimate of drug-likeness (QED) is 0.832. The Balaban J connectivity index is 2.69. The Labute approximate surface area is 114 Å². The van der Waals surface area contributed by atoms with E-state index in [0.717, 1.165) is 6.42 Å². The van der Waals surface area contributed by atoms with Gasteiger partial charge in [0, 0.05) is 25.3 Å². The molecule has 1 rings (SSSR count). The molecule has 1 N–H and O–H groups in total. The van der Waals surface area contributed by atoms with Gasteiger partial charge in [-0.2, -0.15) is 0 Å². The van der Waals surface area contributed by atoms with Gasteiger partial charge in [0.05, 0.1) is 0 Å². The van der Waals surface area contributed by atoms with E-state index < -0.39 is 0 Å². The number of carbonyl (C=O) groups excluding carboxylic acids is 1. The molecule has 0 saturated carbocycles. The number of nitrogens with one attached hydrogen (secondary N) is 1. The van der Waals surface area contributed by atoms with Crippen LogP contribution in [0.4, 0.5) is 5.69 Å². The van der Waals surface area contributed by atoms with Crippen molar-refractivity contribution < 1.29 is 4.79 Å². The fraction of sp³-hybridized carbons (Fsp3) is 0.500. The van der Waals surface area contributed by atoms with Crippen LogP contribution in [0, 0.1) is 0 Å². The molecule has 0 radical (unpaired) electrons. The zero-order chi connectivity index (χ0) is 13.8. The first-order valence-corrected chi connectivity index (χ1v) is 6.51. The third-order valence-electron chi connectivity index (χ3n) is 2.70. The number of rotatable bonds is 5. The van der Waals surface area contributed by atoms with Crippen molar-refractivity contribution in [2.45, 2.75) is 25.8 Å². The molecule has 18 heavy (non-hydrogen) atoms. The molecule has 1 aromatic carbocycles. The molecular formula is C14H21ClN2O. The van der Waals surface area contributed by atoms with Crippen molar-refractivity contribution in [3.05, 3.63) is 29.8 Å². The lowest BCUT2D eigenvalue weighted by Crippen LogP contribution is -2.45. The number of carbonyl (C=O) groups is 1. The van der Waals surface area contributed by atoms with E-state index >= 15 is 0 Å². The van der Waals surface area contributed by atoms with Crippen LogP contribution in [0.15, 0.2) is 24.3 Å². The van der Waals surface area contributed by atoms with Crippen molar-refractivity contribution in [3.63, 3.8) is 0 Å². The molecule has 0 heterocycles. The van der Waals surface area contributed by atoms with Crippen LogP contribution in [0.2, 0.25) is 0 Å². The first kappa shape index (κ1) is 14.8. The van der Waals surface area contributed by atoms with E-state index in [4.69, 9.17) is 11.6 Å². The number of halogens is 1. The van der Waals surface area contributed by atoms with Gasteiger partial charge in [-0.3, -0.25) is 4.79 Å². The minimum absolute atomic E-state index is 0.00297. The Bertz CT molecular complexity index is 399. The highest BCUT2D eigenvalue weighted by atomic mass is 35.5. The number of alkyl halides is 1. The van der Waals surface area contributed by atoms with Gasteiger partial charge in [0.1, 0.15) is 5.88 Å². The topological polar surface area (TPSA) is 32.3 Å². The SMILES string of the molecule is CN(C)c1ccc(CC(C)(C)NC(=O)CCl)cc1. The van der Waals surface area contributed by atoms with Crippen molar-refractivity contribution >= 4 is 23.2 Å². The lowest BCUT2D eigenvalue weighted by atomic mass is 9.94. The van der Waals surface area contributed by atoms with Crippen LogP contribution in [0.1, 0.15) is 19.4 Å². The van der Waals surface area contributed by atoms with E-state index in [2.05, 4.69) is 34.5 Å². The predicted octanol–water partition coefficient (Wildman–Crippen LogP) is 2.43. The predicted molar refractivity (Wildman–Crippen MR) is 77.4 cm³/mol. The monoisotopic (exact) mass is 268 g/mol. The van der Waals surface area contributed by atoms with Crippen LogP contribution >= 0.6 is 11.6 Å². The molecule has 0 aliphatic carbocycles. The molecule has 0 aliphatic rings. The van der Waals surface area contributed by atoms with E-state index in [9.17, 15) is 4.79 Å². The summed E-state index contributed by atoms with van der Waals surface area (Å²) in [7, 11) is 4.03. The van der Waals surface area contributed by atoms with E-state index in [1.165, 1.54) is 11.3 Å². The summed E-state index contributed by atoms with van der Waals surface area (Å²) in [5.41, 5.74) is 2.08. The Morgan fingerprint density at radius 1 is 1.28 bits per heavy atom. The molecule has 0 unspecified atom stereocenters. The van der Waals surface area contributed by atoms with Gasteiger partial charge in [0.15, 0.2) is 0 Å². The van der Waals surface area contributed by atoms with E-state index in [-0.39, 0.29) is 17.3 Å². The van der Waals surface area contributed by atoms with E-state index in [1.807, 2.05) is 27.9 Å². The number of anilines is 1. The minimum Gasteiger partial charge on any atom is -0.378 e. The van der Waals surface area contributed by atoms with Gasteiger partial charge in [-0.1, -0.05) is 12.1 Å². The van der Waals surface area contributed by atoms with Crippen LogP contribution in [-0.4, -0.2) is 31.4 Å². The zero-order valence-corrected chi connectivity index (χ0v) is 12.2. The summed E-state index contributed by atoms with van der Waals surface area (Å²) in [6, 6.07) is 8.33. The van der Waals surface area contributed by atoms with Gasteiger partial charge in [-0.05, 0) is 38.0 Å². The Hall–Kier alpha value is -1.22. The summed E-state index contributed by atoms with van der Waals surface area (Å²) in [6.45, 7) is 3.99. The smallest absolute Gasteiger partial charge is 0.235 e. The summed E-state index contributed by atoms with van der Waals surface area (Å²) in [5.74, 6) is -0.130. The second-order valence-electron chi connectivity index (χ2n) is 5.30. The summed E-state index contributed by atoms with van der Waals surface area (Å²) in [4.78, 5) is 13.4. The molecule has 0 fully saturated rings. The zero-order valence-electron chi connectivity index (χ0n) is 11.5. The van der Waals surface area contributed by atoms with Crippen LogP contribution < -0.4 is 10.2 Å². The van der Waals surface area contributed by atoms with Gasteiger partial charge in [0.25, 0.3) is 0 Å². The summed E-state index contributed by atoms with van der Waals surface area (Å²) in [6.07, 6.45) is 0.781. The highest BCUT2D eigenvalue weighted by molar-refractivity contribution is 6.27. The molecule has 0 saturated heterocycles. The first-order chi connectivity index (χ1) is 8.34. The van der Waals surface area contributed by atoms with Crippen LogP contribution in [0.25, 0.3) is 0 Å². The third-order valence-corrected chi connectivity index (χ3v) is 2.94. The molecule has 0 aromatic heterocycles. The molecule has 3 nitrogen and oxygen atoms in total. The van der Waals surface area contributed by atoms with Gasteiger partial charge in [-0.25, -0.2) is 0 Å². The van der Waals surface area contributed by atoms with Crippen LogP contribution in [0.5, 0.6) is 0 Å². The summed E-state index contributed by atoms with van der Waals surface area (Å²) >= 11 is 5.50. The molecule has 0 atom stereocenters. The van der Waals surface area contributed by atoms with Crippen molar-refractivity contribution in [1.29, 1.82) is 0 Å². The van der Waals surface area contributed by atoms with E-state index in [0.29, 0.717) is 0 Å². The third kappa shape index (κ3) is 4.57. The highest BCUT2D eigenvalue weighted by Crippen LogP contribution is 2.17. The average Bonchev–Trinajstić information content (AvgIpc) is 2.28. The van der Waals surface area contributed by atoms with Crippen molar-refractivity contribution in [2.24, 2.45) is 0 Å². The fourth-order valence-electron chi connectivity index (χ4n) is 1.88. The van der Waals surface area contributed by atoms with Gasteiger partial charge < -0.3 is 10.2 Å². The van der Waals surface area contributed by atoms with Crippen LogP contribution in [-0.2, 0) is 11.2 Å². The molecule has 1 aromatic rings. The lowest BCUT2D eigenvalue weighted by Gasteiger charge is -2.26. The highest BCUT2D eigenvalue weighted by Gasteiger charge is 2.20. The Kier molecular flexibility index (Phi) is 5.03. The van der Waals surface area contributed by atoms with Crippen molar-refractivity contribution in [3.8, 4) is 0 Å². The second kappa shape index (κ2) is 6.10. The maximum atomic E-state index is 11.3. The number of nitrogens with zero attached hydrogens (tertiary/aromatic N) is 1. The van der Waals surface area contributed by atoms with Crippen molar-refractivity contribution in [1.82, 2.24) is 5.32 Å². The molecule has 100 valence electrons. The van der Waals surface area contributed by atoms with Gasteiger partial charge in [-0.15, -0.1) is 11.6 Å². The normalized spacial score (nSPS) is 11.2. The molecule has 1 amide bonds. The van der Waals surface area contributed by atoms with Gasteiger partial charge in [0.2, 0.25) is 5.91 Å². The van der Waals surface area contributed by atoms with Gasteiger partial charge >= 0.3 is 0 Å². The summed E-state index contributed by atoms with van der Waals surface area (Å²) < 4.78 is 0. The first-order valence-electron chi connectivity index (χ1n) is 5.97. The van der Waals surface area contributed by atoms with Crippen molar-refractivity contribution in [2.75, 3.05) is 24.9 Å². The lowest BCUT2D eigenvalue weighted by molar-refractivity contribution is -0.120. The molecule has 0 bridgehead atoms. The second-order valence-corrected chi connectivity index (χ2v) is 5.57. The Morgan fingerprint density at radius 3 is 2.28 bits per heavy atom. The molecular weight excluding hydrogens is 248 g/mol. The number of amides is 1. The molecule has 4 heteroatoms. The Morgan fingerprint density at radius 2 is 1.83 bits per heavy atom. The number of hydrogen-bond acceptors (Lipinski definition) is 2. The number of benzene rings is 1. The summed E-state index contributed by atoms with van der Waals surface area (Å²) in [5, 5.41) is 2.91. The standard InChI is InChI=1S/C14H21ClN2O/c1-14(2,16-13(18)10-15)9-11-5-7-12(8-6-11)17(3)4/h5-8H,9-10H2,1-4H3,(H,16,18). The maximum absolute atomic E-state index is 11.3.